The summed E-state index contributed by atoms with van der Waals surface area (Å²) in [5, 5.41) is 3.36. The van der Waals surface area contributed by atoms with Crippen LogP contribution in [0.2, 0.25) is 0 Å². The minimum Gasteiger partial charge on any atom is -0.306 e. The summed E-state index contributed by atoms with van der Waals surface area (Å²) >= 11 is 0. The Labute approximate surface area is 79.7 Å². The lowest BCUT2D eigenvalue weighted by Gasteiger charge is -2.13. The third-order valence-corrected chi connectivity index (χ3v) is 1.89. The topological polar surface area (TPSA) is 24.9 Å². The summed E-state index contributed by atoms with van der Waals surface area (Å²) < 4.78 is 0. The molecular formula is C11H16N2. The quantitative estimate of drug-likeness (QED) is 0.712. The van der Waals surface area contributed by atoms with E-state index in [1.165, 1.54) is 5.56 Å². The van der Waals surface area contributed by atoms with E-state index in [1.807, 2.05) is 19.2 Å². The molecule has 0 fully saturated rings. The van der Waals surface area contributed by atoms with Crippen LogP contribution in [0.1, 0.15) is 25.5 Å². The molecule has 0 saturated heterocycles. The van der Waals surface area contributed by atoms with Gasteiger partial charge in [0.2, 0.25) is 0 Å². The summed E-state index contributed by atoms with van der Waals surface area (Å²) in [7, 11) is 0. The monoisotopic (exact) mass is 176 g/mol. The molecule has 1 aromatic heterocycles. The van der Waals surface area contributed by atoms with Crippen molar-refractivity contribution in [1.29, 1.82) is 0 Å². The van der Waals surface area contributed by atoms with Crippen molar-refractivity contribution in [2.75, 3.05) is 6.54 Å². The molecule has 1 aromatic rings. The Morgan fingerprint density at radius 1 is 1.69 bits per heavy atom. The van der Waals surface area contributed by atoms with Crippen LogP contribution in [0.4, 0.5) is 0 Å². The highest BCUT2D eigenvalue weighted by Crippen LogP contribution is 2.09. The van der Waals surface area contributed by atoms with E-state index in [1.54, 1.807) is 6.20 Å². The molecule has 0 bridgehead atoms. The zero-order chi connectivity index (χ0) is 9.68. The lowest BCUT2D eigenvalue weighted by Crippen LogP contribution is -2.20. The normalized spacial score (nSPS) is 12.5. The summed E-state index contributed by atoms with van der Waals surface area (Å²) in [5.74, 6) is 0. The van der Waals surface area contributed by atoms with Gasteiger partial charge in [-0.1, -0.05) is 18.2 Å². The molecule has 2 heteroatoms. The van der Waals surface area contributed by atoms with Gasteiger partial charge in [-0.3, -0.25) is 4.98 Å². The van der Waals surface area contributed by atoms with Crippen LogP contribution < -0.4 is 5.32 Å². The van der Waals surface area contributed by atoms with Crippen molar-refractivity contribution in [2.24, 2.45) is 0 Å². The molecule has 1 heterocycles. The van der Waals surface area contributed by atoms with Crippen molar-refractivity contribution >= 4 is 0 Å². The van der Waals surface area contributed by atoms with Crippen molar-refractivity contribution in [3.8, 4) is 0 Å². The number of hydrogen-bond acceptors (Lipinski definition) is 2. The molecule has 0 spiro atoms. The summed E-state index contributed by atoms with van der Waals surface area (Å²) in [4.78, 5) is 4.07. The lowest BCUT2D eigenvalue weighted by molar-refractivity contribution is 0.605. The Hall–Kier alpha value is -1.15. The van der Waals surface area contributed by atoms with Gasteiger partial charge in [0.25, 0.3) is 0 Å². The van der Waals surface area contributed by atoms with Crippen LogP contribution in [0.15, 0.2) is 36.7 Å². The minimum atomic E-state index is 0.338. The second-order valence-electron chi connectivity index (χ2n) is 3.35. The van der Waals surface area contributed by atoms with E-state index in [2.05, 4.69) is 29.9 Å². The maximum absolute atomic E-state index is 4.07. The highest BCUT2D eigenvalue weighted by molar-refractivity contribution is 5.13. The van der Waals surface area contributed by atoms with Crippen LogP contribution in [-0.2, 0) is 0 Å². The van der Waals surface area contributed by atoms with E-state index in [0.29, 0.717) is 6.04 Å². The first-order chi connectivity index (χ1) is 6.20. The largest absolute Gasteiger partial charge is 0.306 e. The smallest absolute Gasteiger partial charge is 0.0315 e. The molecule has 0 radical (unpaired) electrons. The summed E-state index contributed by atoms with van der Waals surface area (Å²) in [6.45, 7) is 8.84. The fraction of sp³-hybridized carbons (Fsp3) is 0.364. The number of aromatic nitrogens is 1. The van der Waals surface area contributed by atoms with E-state index in [-0.39, 0.29) is 0 Å². The van der Waals surface area contributed by atoms with E-state index in [0.717, 1.165) is 12.1 Å². The Kier molecular flexibility index (Phi) is 3.65. The molecule has 1 atom stereocenters. The summed E-state index contributed by atoms with van der Waals surface area (Å²) in [6.07, 6.45) is 3.67. The van der Waals surface area contributed by atoms with Crippen molar-refractivity contribution in [2.45, 2.75) is 19.9 Å². The van der Waals surface area contributed by atoms with Gasteiger partial charge in [-0.2, -0.15) is 0 Å². The van der Waals surface area contributed by atoms with Gasteiger partial charge in [-0.05, 0) is 25.5 Å². The molecule has 0 aliphatic heterocycles. The molecular weight excluding hydrogens is 160 g/mol. The first-order valence-corrected chi connectivity index (χ1v) is 4.48. The van der Waals surface area contributed by atoms with E-state index in [4.69, 9.17) is 0 Å². The van der Waals surface area contributed by atoms with Gasteiger partial charge >= 0.3 is 0 Å². The van der Waals surface area contributed by atoms with Crippen LogP contribution in [0, 0.1) is 0 Å². The van der Waals surface area contributed by atoms with Crippen LogP contribution in [0.3, 0.4) is 0 Å². The molecule has 70 valence electrons. The highest BCUT2D eigenvalue weighted by atomic mass is 14.9. The third-order valence-electron chi connectivity index (χ3n) is 1.89. The Morgan fingerprint density at radius 3 is 3.00 bits per heavy atom. The Balaban J connectivity index is 2.49. The average Bonchev–Trinajstić information content (AvgIpc) is 2.15. The fourth-order valence-corrected chi connectivity index (χ4v) is 1.08. The Morgan fingerprint density at radius 2 is 2.46 bits per heavy atom. The van der Waals surface area contributed by atoms with Crippen molar-refractivity contribution in [3.05, 3.63) is 42.2 Å². The van der Waals surface area contributed by atoms with Crippen molar-refractivity contribution in [3.63, 3.8) is 0 Å². The third kappa shape index (κ3) is 3.38. The first kappa shape index (κ1) is 9.93. The number of hydrogen-bond donors (Lipinski definition) is 1. The van der Waals surface area contributed by atoms with Gasteiger partial charge in [0.05, 0.1) is 0 Å². The number of nitrogens with zero attached hydrogens (tertiary/aromatic N) is 1. The fourth-order valence-electron chi connectivity index (χ4n) is 1.08. The number of rotatable bonds is 4. The Bertz CT molecular complexity index is 267. The van der Waals surface area contributed by atoms with Crippen LogP contribution >= 0.6 is 0 Å². The van der Waals surface area contributed by atoms with Crippen molar-refractivity contribution < 1.29 is 0 Å². The van der Waals surface area contributed by atoms with Crippen LogP contribution in [0.5, 0.6) is 0 Å². The predicted molar refractivity (Wildman–Crippen MR) is 55.5 cm³/mol. The standard InChI is InChI=1S/C11H16N2/c1-9(2)7-13-10(3)11-5-4-6-12-8-11/h4-6,8,10,13H,1,7H2,2-3H3/t10-/m0/s1. The summed E-state index contributed by atoms with van der Waals surface area (Å²) in [6, 6.07) is 4.36. The SMILES string of the molecule is C=C(C)CN[C@@H](C)c1cccnc1. The second-order valence-corrected chi connectivity index (χ2v) is 3.35. The van der Waals surface area contributed by atoms with Gasteiger partial charge in [0, 0.05) is 25.0 Å². The van der Waals surface area contributed by atoms with Crippen LogP contribution in [-0.4, -0.2) is 11.5 Å². The highest BCUT2D eigenvalue weighted by Gasteiger charge is 2.02. The molecule has 0 unspecified atom stereocenters. The van der Waals surface area contributed by atoms with E-state index in [9.17, 15) is 0 Å². The van der Waals surface area contributed by atoms with Crippen molar-refractivity contribution in [1.82, 2.24) is 10.3 Å². The maximum atomic E-state index is 4.07. The zero-order valence-corrected chi connectivity index (χ0v) is 8.25. The van der Waals surface area contributed by atoms with E-state index >= 15 is 0 Å². The molecule has 0 amide bonds. The molecule has 1 rings (SSSR count). The first-order valence-electron chi connectivity index (χ1n) is 4.48. The molecule has 1 N–H and O–H groups in total. The average molecular weight is 176 g/mol. The second kappa shape index (κ2) is 4.77. The molecule has 0 aromatic carbocycles. The lowest BCUT2D eigenvalue weighted by atomic mass is 10.1. The van der Waals surface area contributed by atoms with Crippen LogP contribution in [0.25, 0.3) is 0 Å². The molecule has 0 saturated carbocycles. The van der Waals surface area contributed by atoms with Gasteiger partial charge < -0.3 is 5.32 Å². The predicted octanol–water partition coefficient (Wildman–Crippen LogP) is 2.31. The summed E-state index contributed by atoms with van der Waals surface area (Å²) in [5.41, 5.74) is 2.36. The van der Waals surface area contributed by atoms with E-state index < -0.39 is 0 Å². The maximum Gasteiger partial charge on any atom is 0.0315 e. The van der Waals surface area contributed by atoms with Gasteiger partial charge in [0.15, 0.2) is 0 Å². The number of nitrogens with one attached hydrogen (secondary N) is 1. The molecule has 13 heavy (non-hydrogen) atoms. The van der Waals surface area contributed by atoms with Gasteiger partial charge in [-0.15, -0.1) is 0 Å². The van der Waals surface area contributed by atoms with Gasteiger partial charge in [0.1, 0.15) is 0 Å². The minimum absolute atomic E-state index is 0.338. The zero-order valence-electron chi connectivity index (χ0n) is 8.25. The van der Waals surface area contributed by atoms with Gasteiger partial charge in [-0.25, -0.2) is 0 Å². The molecule has 2 nitrogen and oxygen atoms in total. The number of pyridine rings is 1. The molecule has 0 aliphatic carbocycles. The molecule has 0 aliphatic rings.